The molecule has 1 aliphatic heterocycles. The van der Waals surface area contributed by atoms with Gasteiger partial charge in [-0.25, -0.2) is 0 Å². The molecule has 0 radical (unpaired) electrons. The van der Waals surface area contributed by atoms with Crippen LogP contribution in [0.2, 0.25) is 0 Å². The molecule has 1 rings (SSSR count). The highest BCUT2D eigenvalue weighted by Gasteiger charge is 2.23. The quantitative estimate of drug-likeness (QED) is 0.530. The second kappa shape index (κ2) is 6.45. The van der Waals surface area contributed by atoms with Crippen molar-refractivity contribution in [3.63, 3.8) is 0 Å². The first-order valence-electron chi connectivity index (χ1n) is 4.48. The molecule has 1 aliphatic rings. The zero-order valence-corrected chi connectivity index (χ0v) is 11.0. The van der Waals surface area contributed by atoms with E-state index in [-0.39, 0.29) is 5.25 Å². The van der Waals surface area contributed by atoms with Crippen LogP contribution in [0.25, 0.3) is 0 Å². The highest BCUT2D eigenvalue weighted by molar-refractivity contribution is 8.77. The molecular formula is C8H14O2S4. The van der Waals surface area contributed by atoms with E-state index in [2.05, 4.69) is 25.3 Å². The number of thiol groups is 2. The molecule has 0 aromatic carbocycles. The zero-order chi connectivity index (χ0) is 10.6. The standard InChI is InChI=1S/C8H14O2S4/c9-8(10)7(12)6(11)2-1-5-3-4-13-14-5/h5-7,11-12H,1-4H2,(H,9,10). The lowest BCUT2D eigenvalue weighted by atomic mass is 10.1. The molecule has 1 saturated heterocycles. The third-order valence-corrected chi connectivity index (χ3v) is 6.51. The van der Waals surface area contributed by atoms with E-state index in [0.29, 0.717) is 5.25 Å². The highest BCUT2D eigenvalue weighted by Crippen LogP contribution is 2.40. The molecular weight excluding hydrogens is 256 g/mol. The van der Waals surface area contributed by atoms with Crippen molar-refractivity contribution < 1.29 is 9.90 Å². The Morgan fingerprint density at radius 2 is 2.29 bits per heavy atom. The molecule has 1 N–H and O–H groups in total. The molecule has 2 nitrogen and oxygen atoms in total. The number of hydrogen-bond donors (Lipinski definition) is 3. The van der Waals surface area contributed by atoms with Gasteiger partial charge in [0.05, 0.1) is 0 Å². The van der Waals surface area contributed by atoms with Crippen molar-refractivity contribution >= 4 is 52.8 Å². The third kappa shape index (κ3) is 4.16. The molecule has 0 saturated carbocycles. The summed E-state index contributed by atoms with van der Waals surface area (Å²) in [4.78, 5) is 10.6. The van der Waals surface area contributed by atoms with Crippen LogP contribution < -0.4 is 0 Å². The van der Waals surface area contributed by atoms with E-state index in [1.165, 1.54) is 12.2 Å². The van der Waals surface area contributed by atoms with Gasteiger partial charge >= 0.3 is 5.97 Å². The average Bonchev–Trinajstić information content (AvgIpc) is 2.65. The number of aliphatic carboxylic acids is 1. The number of hydrogen-bond acceptors (Lipinski definition) is 5. The van der Waals surface area contributed by atoms with E-state index in [1.807, 2.05) is 21.6 Å². The van der Waals surface area contributed by atoms with E-state index in [4.69, 9.17) is 5.11 Å². The Morgan fingerprint density at radius 3 is 2.79 bits per heavy atom. The van der Waals surface area contributed by atoms with Crippen molar-refractivity contribution in [1.82, 2.24) is 0 Å². The monoisotopic (exact) mass is 270 g/mol. The summed E-state index contributed by atoms with van der Waals surface area (Å²) in [7, 11) is 3.82. The molecule has 0 aromatic rings. The van der Waals surface area contributed by atoms with E-state index in [9.17, 15) is 4.79 Å². The fourth-order valence-corrected chi connectivity index (χ4v) is 4.67. The minimum Gasteiger partial charge on any atom is -0.480 e. The van der Waals surface area contributed by atoms with Gasteiger partial charge in [0.1, 0.15) is 5.25 Å². The third-order valence-electron chi connectivity index (χ3n) is 2.13. The van der Waals surface area contributed by atoms with Crippen LogP contribution in [0, 0.1) is 0 Å². The summed E-state index contributed by atoms with van der Waals surface area (Å²) in [5, 5.41) is 8.62. The van der Waals surface area contributed by atoms with Crippen LogP contribution in [0.5, 0.6) is 0 Å². The number of carboxylic acids is 1. The summed E-state index contributed by atoms with van der Waals surface area (Å²) in [6.45, 7) is 0. The summed E-state index contributed by atoms with van der Waals surface area (Å²) in [6.07, 6.45) is 3.12. The zero-order valence-electron chi connectivity index (χ0n) is 7.63. The summed E-state index contributed by atoms with van der Waals surface area (Å²) in [5.41, 5.74) is 0. The van der Waals surface area contributed by atoms with Crippen LogP contribution in [0.4, 0.5) is 0 Å². The topological polar surface area (TPSA) is 37.3 Å². The molecule has 0 amide bonds. The van der Waals surface area contributed by atoms with Gasteiger partial charge in [0, 0.05) is 16.3 Å². The Kier molecular flexibility index (Phi) is 5.96. The first kappa shape index (κ1) is 12.9. The molecule has 0 spiro atoms. The second-order valence-corrected chi connectivity index (χ2v) is 7.26. The Labute approximate surface area is 103 Å². The van der Waals surface area contributed by atoms with E-state index < -0.39 is 11.2 Å². The predicted molar refractivity (Wildman–Crippen MR) is 70.9 cm³/mol. The van der Waals surface area contributed by atoms with E-state index >= 15 is 0 Å². The molecule has 3 unspecified atom stereocenters. The Balaban J connectivity index is 2.19. The van der Waals surface area contributed by atoms with Gasteiger partial charge in [-0.2, -0.15) is 25.3 Å². The van der Waals surface area contributed by atoms with Crippen molar-refractivity contribution in [2.24, 2.45) is 0 Å². The molecule has 6 heteroatoms. The van der Waals surface area contributed by atoms with Crippen molar-refractivity contribution in [2.75, 3.05) is 5.75 Å². The van der Waals surface area contributed by atoms with E-state index in [1.54, 1.807) is 0 Å². The fourth-order valence-electron chi connectivity index (χ4n) is 1.24. The number of carboxylic acid groups (broad SMARTS) is 1. The summed E-state index contributed by atoms with van der Waals surface area (Å²) < 4.78 is 0. The maximum absolute atomic E-state index is 10.6. The first-order valence-corrected chi connectivity index (χ1v) is 7.90. The van der Waals surface area contributed by atoms with Crippen LogP contribution >= 0.6 is 46.8 Å². The van der Waals surface area contributed by atoms with Gasteiger partial charge in [0.25, 0.3) is 0 Å². The maximum atomic E-state index is 10.6. The lowest BCUT2D eigenvalue weighted by Crippen LogP contribution is -2.25. The molecule has 0 bridgehead atoms. The average molecular weight is 270 g/mol. The van der Waals surface area contributed by atoms with Gasteiger partial charge in [0.2, 0.25) is 0 Å². The van der Waals surface area contributed by atoms with Gasteiger partial charge in [0.15, 0.2) is 0 Å². The molecule has 0 aromatic heterocycles. The smallest absolute Gasteiger partial charge is 0.317 e. The van der Waals surface area contributed by atoms with Crippen LogP contribution in [0.1, 0.15) is 19.3 Å². The molecule has 3 atom stereocenters. The lowest BCUT2D eigenvalue weighted by Gasteiger charge is -2.15. The second-order valence-electron chi connectivity index (χ2n) is 3.26. The Hall–Kier alpha value is 0.870. The SMILES string of the molecule is O=C(O)C(S)C(S)CCC1CCSS1. The summed E-state index contributed by atoms with van der Waals surface area (Å²) >= 11 is 8.27. The van der Waals surface area contributed by atoms with Gasteiger partial charge in [-0.3, -0.25) is 4.79 Å². The summed E-state index contributed by atoms with van der Waals surface area (Å²) in [5.74, 6) is 0.345. The van der Waals surface area contributed by atoms with Gasteiger partial charge in [-0.15, -0.1) is 0 Å². The Morgan fingerprint density at radius 1 is 1.57 bits per heavy atom. The maximum Gasteiger partial charge on any atom is 0.317 e. The fraction of sp³-hybridized carbons (Fsp3) is 0.875. The van der Waals surface area contributed by atoms with Crippen LogP contribution in [0.15, 0.2) is 0 Å². The van der Waals surface area contributed by atoms with Crippen molar-refractivity contribution in [3.05, 3.63) is 0 Å². The highest BCUT2D eigenvalue weighted by atomic mass is 33.1. The lowest BCUT2D eigenvalue weighted by molar-refractivity contribution is -0.136. The molecule has 1 heterocycles. The Bertz CT molecular complexity index is 194. The largest absolute Gasteiger partial charge is 0.480 e. The van der Waals surface area contributed by atoms with E-state index in [0.717, 1.165) is 12.8 Å². The van der Waals surface area contributed by atoms with Gasteiger partial charge in [-0.05, 0) is 19.3 Å². The van der Waals surface area contributed by atoms with Crippen LogP contribution in [0.3, 0.4) is 0 Å². The van der Waals surface area contributed by atoms with Crippen LogP contribution in [-0.2, 0) is 4.79 Å². The molecule has 0 aliphatic carbocycles. The van der Waals surface area contributed by atoms with Gasteiger partial charge in [-0.1, -0.05) is 21.6 Å². The molecule has 1 fully saturated rings. The summed E-state index contributed by atoms with van der Waals surface area (Å²) in [6, 6.07) is 0. The number of carbonyl (C=O) groups is 1. The molecule has 14 heavy (non-hydrogen) atoms. The van der Waals surface area contributed by atoms with Crippen molar-refractivity contribution in [3.8, 4) is 0 Å². The van der Waals surface area contributed by atoms with Crippen molar-refractivity contribution in [2.45, 2.75) is 35.0 Å². The van der Waals surface area contributed by atoms with Crippen molar-refractivity contribution in [1.29, 1.82) is 0 Å². The van der Waals surface area contributed by atoms with Crippen LogP contribution in [-0.4, -0.2) is 32.6 Å². The first-order chi connectivity index (χ1) is 6.61. The number of rotatable bonds is 5. The minimum atomic E-state index is -0.873. The molecule has 82 valence electrons. The minimum absolute atomic E-state index is 0.137. The van der Waals surface area contributed by atoms with Gasteiger partial charge < -0.3 is 5.11 Å². The predicted octanol–water partition coefficient (Wildman–Crippen LogP) is 2.60. The normalized spacial score (nSPS) is 26.0.